The van der Waals surface area contributed by atoms with Gasteiger partial charge in [0, 0.05) is 9.26 Å². The van der Waals surface area contributed by atoms with E-state index in [1.165, 1.54) is 9.13 Å². The monoisotopic (exact) mass is 353 g/mol. The number of aryl methyl sites for hydroxylation is 1. The van der Waals surface area contributed by atoms with Crippen molar-refractivity contribution in [1.82, 2.24) is 0 Å². The molecule has 0 saturated heterocycles. The molecule has 2 nitrogen and oxygen atoms in total. The van der Waals surface area contributed by atoms with Crippen molar-refractivity contribution in [2.24, 2.45) is 0 Å². The van der Waals surface area contributed by atoms with E-state index in [9.17, 15) is 0 Å². The van der Waals surface area contributed by atoms with Gasteiger partial charge in [-0.05, 0) is 77.4 Å². The maximum absolute atomic E-state index is 5.74. The highest BCUT2D eigenvalue weighted by Crippen LogP contribution is 2.14. The maximum atomic E-state index is 5.74. The van der Waals surface area contributed by atoms with Crippen LogP contribution < -0.4 is 10.5 Å². The number of halogens is 1. The summed E-state index contributed by atoms with van der Waals surface area (Å²) >= 11 is 2.28. The first-order valence-corrected chi connectivity index (χ1v) is 7.05. The Bertz CT molecular complexity index is 496. The van der Waals surface area contributed by atoms with Crippen LogP contribution in [-0.2, 0) is 6.42 Å². The predicted octanol–water partition coefficient (Wildman–Crippen LogP) is 3.89. The van der Waals surface area contributed by atoms with Crippen LogP contribution in [0.15, 0.2) is 48.5 Å². The molecule has 3 heteroatoms. The standard InChI is InChI=1S/C15H16INO/c16-13-6-8-15(9-7-13)18-10-2-4-12-3-1-5-14(17)11-12/h1,3,5-9,11H,2,4,10,17H2. The molecule has 0 amide bonds. The Morgan fingerprint density at radius 2 is 1.83 bits per heavy atom. The number of hydrogen-bond acceptors (Lipinski definition) is 2. The van der Waals surface area contributed by atoms with E-state index >= 15 is 0 Å². The molecule has 0 unspecified atom stereocenters. The van der Waals surface area contributed by atoms with Gasteiger partial charge < -0.3 is 10.5 Å². The predicted molar refractivity (Wildman–Crippen MR) is 83.8 cm³/mol. The summed E-state index contributed by atoms with van der Waals surface area (Å²) in [6, 6.07) is 16.1. The van der Waals surface area contributed by atoms with Crippen molar-refractivity contribution in [3.05, 3.63) is 57.7 Å². The maximum Gasteiger partial charge on any atom is 0.119 e. The molecule has 0 fully saturated rings. The van der Waals surface area contributed by atoms with Crippen molar-refractivity contribution >= 4 is 28.3 Å². The molecule has 0 heterocycles. The second-order valence-electron chi connectivity index (χ2n) is 4.15. The van der Waals surface area contributed by atoms with Gasteiger partial charge in [-0.15, -0.1) is 0 Å². The minimum absolute atomic E-state index is 0.732. The lowest BCUT2D eigenvalue weighted by Gasteiger charge is -2.06. The smallest absolute Gasteiger partial charge is 0.119 e. The molecular formula is C15H16INO. The summed E-state index contributed by atoms with van der Waals surface area (Å²) in [5.41, 5.74) is 7.83. The largest absolute Gasteiger partial charge is 0.494 e. The Kier molecular flexibility index (Phi) is 4.87. The lowest BCUT2D eigenvalue weighted by atomic mass is 10.1. The number of nitrogen functional groups attached to an aromatic ring is 1. The van der Waals surface area contributed by atoms with Gasteiger partial charge in [-0.25, -0.2) is 0 Å². The van der Waals surface area contributed by atoms with Gasteiger partial charge >= 0.3 is 0 Å². The average Bonchev–Trinajstić information content (AvgIpc) is 2.37. The normalized spacial score (nSPS) is 10.3. The molecule has 94 valence electrons. The Morgan fingerprint density at radius 3 is 2.56 bits per heavy atom. The van der Waals surface area contributed by atoms with Crippen molar-refractivity contribution in [3.8, 4) is 5.75 Å². The van der Waals surface area contributed by atoms with Crippen LogP contribution in [0, 0.1) is 3.57 Å². The van der Waals surface area contributed by atoms with Crippen LogP contribution in [0.5, 0.6) is 5.75 Å². The van der Waals surface area contributed by atoms with E-state index in [-0.39, 0.29) is 0 Å². The van der Waals surface area contributed by atoms with E-state index in [1.54, 1.807) is 0 Å². The summed E-state index contributed by atoms with van der Waals surface area (Å²) in [7, 11) is 0. The van der Waals surface area contributed by atoms with Crippen molar-refractivity contribution in [1.29, 1.82) is 0 Å². The number of nitrogens with two attached hydrogens (primary N) is 1. The van der Waals surface area contributed by atoms with Gasteiger partial charge in [-0.2, -0.15) is 0 Å². The number of benzene rings is 2. The van der Waals surface area contributed by atoms with Crippen molar-refractivity contribution < 1.29 is 4.74 Å². The molecule has 0 radical (unpaired) electrons. The number of ether oxygens (including phenoxy) is 1. The molecule has 0 atom stereocenters. The minimum atomic E-state index is 0.732. The van der Waals surface area contributed by atoms with Crippen LogP contribution in [0.25, 0.3) is 0 Å². The van der Waals surface area contributed by atoms with E-state index < -0.39 is 0 Å². The van der Waals surface area contributed by atoms with Crippen LogP contribution >= 0.6 is 22.6 Å². The Balaban J connectivity index is 1.74. The molecule has 0 aliphatic rings. The fraction of sp³-hybridized carbons (Fsp3) is 0.200. The first kappa shape index (κ1) is 13.2. The second-order valence-corrected chi connectivity index (χ2v) is 5.40. The molecule has 2 N–H and O–H groups in total. The lowest BCUT2D eigenvalue weighted by molar-refractivity contribution is 0.311. The highest BCUT2D eigenvalue weighted by molar-refractivity contribution is 14.1. The van der Waals surface area contributed by atoms with Crippen LogP contribution in [0.3, 0.4) is 0 Å². The molecule has 2 aromatic carbocycles. The number of rotatable bonds is 5. The van der Waals surface area contributed by atoms with Crippen LogP contribution in [0.2, 0.25) is 0 Å². The third-order valence-corrected chi connectivity index (χ3v) is 3.36. The lowest BCUT2D eigenvalue weighted by Crippen LogP contribution is -1.99. The zero-order chi connectivity index (χ0) is 12.8. The molecule has 2 aromatic rings. The summed E-state index contributed by atoms with van der Waals surface area (Å²) < 4.78 is 6.90. The average molecular weight is 353 g/mol. The highest BCUT2D eigenvalue weighted by atomic mass is 127. The third-order valence-electron chi connectivity index (χ3n) is 2.64. The first-order valence-electron chi connectivity index (χ1n) is 5.97. The molecule has 0 saturated carbocycles. The van der Waals surface area contributed by atoms with Gasteiger partial charge in [0.05, 0.1) is 6.61 Å². The van der Waals surface area contributed by atoms with Crippen LogP contribution in [0.4, 0.5) is 5.69 Å². The van der Waals surface area contributed by atoms with Gasteiger partial charge in [0.2, 0.25) is 0 Å². The van der Waals surface area contributed by atoms with E-state index in [2.05, 4.69) is 28.7 Å². The van der Waals surface area contributed by atoms with Crippen molar-refractivity contribution in [2.75, 3.05) is 12.3 Å². The molecule has 0 bridgehead atoms. The zero-order valence-electron chi connectivity index (χ0n) is 10.1. The van der Waals surface area contributed by atoms with Crippen LogP contribution in [0.1, 0.15) is 12.0 Å². The minimum Gasteiger partial charge on any atom is -0.494 e. The molecule has 0 spiro atoms. The molecule has 0 aliphatic carbocycles. The highest BCUT2D eigenvalue weighted by Gasteiger charge is 1.96. The van der Waals surface area contributed by atoms with Crippen LogP contribution in [-0.4, -0.2) is 6.61 Å². The van der Waals surface area contributed by atoms with Crippen molar-refractivity contribution in [2.45, 2.75) is 12.8 Å². The van der Waals surface area contributed by atoms with E-state index in [1.807, 2.05) is 42.5 Å². The first-order chi connectivity index (χ1) is 8.74. The molecule has 0 aromatic heterocycles. The SMILES string of the molecule is Nc1cccc(CCCOc2ccc(I)cc2)c1. The van der Waals surface area contributed by atoms with Gasteiger partial charge in [0.1, 0.15) is 5.75 Å². The third kappa shape index (κ3) is 4.22. The Labute approximate surface area is 121 Å². The second kappa shape index (κ2) is 6.64. The zero-order valence-corrected chi connectivity index (χ0v) is 12.3. The molecule has 18 heavy (non-hydrogen) atoms. The summed E-state index contributed by atoms with van der Waals surface area (Å²) in [5.74, 6) is 0.933. The van der Waals surface area contributed by atoms with E-state index in [0.717, 1.165) is 30.9 Å². The Hall–Kier alpha value is -1.23. The number of hydrogen-bond donors (Lipinski definition) is 1. The number of anilines is 1. The topological polar surface area (TPSA) is 35.2 Å². The molecule has 0 aliphatic heterocycles. The Morgan fingerprint density at radius 1 is 1.06 bits per heavy atom. The fourth-order valence-corrected chi connectivity index (χ4v) is 2.11. The van der Waals surface area contributed by atoms with Crippen molar-refractivity contribution in [3.63, 3.8) is 0 Å². The summed E-state index contributed by atoms with van der Waals surface area (Å²) in [4.78, 5) is 0. The summed E-state index contributed by atoms with van der Waals surface area (Å²) in [5, 5.41) is 0. The molecular weight excluding hydrogens is 337 g/mol. The van der Waals surface area contributed by atoms with Gasteiger partial charge in [0.15, 0.2) is 0 Å². The quantitative estimate of drug-likeness (QED) is 0.503. The van der Waals surface area contributed by atoms with E-state index in [0.29, 0.717) is 0 Å². The van der Waals surface area contributed by atoms with Gasteiger partial charge in [-0.1, -0.05) is 12.1 Å². The van der Waals surface area contributed by atoms with Gasteiger partial charge in [-0.3, -0.25) is 0 Å². The van der Waals surface area contributed by atoms with E-state index in [4.69, 9.17) is 10.5 Å². The molecule has 2 rings (SSSR count). The summed E-state index contributed by atoms with van der Waals surface area (Å²) in [6.45, 7) is 0.732. The fourth-order valence-electron chi connectivity index (χ4n) is 1.75. The summed E-state index contributed by atoms with van der Waals surface area (Å²) in [6.07, 6.45) is 1.99. The van der Waals surface area contributed by atoms with Gasteiger partial charge in [0.25, 0.3) is 0 Å².